The minimum atomic E-state index is 0.397. The second-order valence-corrected chi connectivity index (χ2v) is 6.79. The van der Waals surface area contributed by atoms with Crippen molar-refractivity contribution in [2.75, 3.05) is 19.7 Å². The number of nitrogens with zero attached hydrogens (tertiary/aromatic N) is 3. The summed E-state index contributed by atoms with van der Waals surface area (Å²) in [6.45, 7) is 3.09. The summed E-state index contributed by atoms with van der Waals surface area (Å²) in [5, 5.41) is 4.05. The number of aromatic nitrogens is 2. The maximum atomic E-state index is 6.06. The summed E-state index contributed by atoms with van der Waals surface area (Å²) in [5.74, 6) is 2.18. The first-order valence-electron chi connectivity index (χ1n) is 8.56. The fraction of sp³-hybridized carbons (Fsp3) is 0.875. The third-order valence-electron chi connectivity index (χ3n) is 5.09. The predicted molar refractivity (Wildman–Crippen MR) is 78.2 cm³/mol. The Labute approximate surface area is 126 Å². The highest BCUT2D eigenvalue weighted by molar-refractivity contribution is 5.01. The van der Waals surface area contributed by atoms with Gasteiger partial charge < -0.3 is 9.26 Å². The van der Waals surface area contributed by atoms with Crippen LogP contribution >= 0.6 is 0 Å². The summed E-state index contributed by atoms with van der Waals surface area (Å²) < 4.78 is 11.3. The minimum Gasteiger partial charge on any atom is -0.376 e. The summed E-state index contributed by atoms with van der Waals surface area (Å²) in [6, 6.07) is 0.842. The van der Waals surface area contributed by atoms with Crippen LogP contribution < -0.4 is 0 Å². The number of hydrogen-bond acceptors (Lipinski definition) is 5. The quantitative estimate of drug-likeness (QED) is 0.806. The molecule has 5 heteroatoms. The molecular weight excluding hydrogens is 266 g/mol. The fourth-order valence-electron chi connectivity index (χ4n) is 3.37. The lowest BCUT2D eigenvalue weighted by Gasteiger charge is -2.42. The second-order valence-electron chi connectivity index (χ2n) is 6.79. The van der Waals surface area contributed by atoms with Gasteiger partial charge in [-0.05, 0) is 45.1 Å². The van der Waals surface area contributed by atoms with Crippen LogP contribution in [0.1, 0.15) is 62.6 Å². The highest BCUT2D eigenvalue weighted by Crippen LogP contribution is 2.38. The fourth-order valence-corrected chi connectivity index (χ4v) is 3.37. The molecule has 3 aliphatic rings. The van der Waals surface area contributed by atoms with Crippen LogP contribution in [0, 0.1) is 0 Å². The van der Waals surface area contributed by atoms with E-state index in [2.05, 4.69) is 15.0 Å². The van der Waals surface area contributed by atoms with Crippen LogP contribution in [-0.2, 0) is 11.2 Å². The Morgan fingerprint density at radius 2 is 2.05 bits per heavy atom. The molecule has 0 bridgehead atoms. The van der Waals surface area contributed by atoms with Crippen LogP contribution in [0.15, 0.2) is 4.52 Å². The molecule has 0 N–H and O–H groups in total. The van der Waals surface area contributed by atoms with Gasteiger partial charge in [0, 0.05) is 24.9 Å². The molecule has 1 aromatic heterocycles. The Bertz CT molecular complexity index is 468. The maximum Gasteiger partial charge on any atom is 0.229 e. The molecule has 0 spiro atoms. The highest BCUT2D eigenvalue weighted by Gasteiger charge is 2.30. The molecule has 0 amide bonds. The summed E-state index contributed by atoms with van der Waals surface area (Å²) in [5.41, 5.74) is 0. The lowest BCUT2D eigenvalue weighted by Crippen LogP contribution is -2.48. The lowest BCUT2D eigenvalue weighted by atomic mass is 9.89. The van der Waals surface area contributed by atoms with Gasteiger partial charge in [0.2, 0.25) is 5.89 Å². The third-order valence-corrected chi connectivity index (χ3v) is 5.09. The SMILES string of the molecule is C1CC(N2CCCC(OCCc3noc(C4CC4)n3)C2)C1. The Morgan fingerprint density at radius 1 is 1.14 bits per heavy atom. The Balaban J connectivity index is 1.20. The van der Waals surface area contributed by atoms with Crippen molar-refractivity contribution in [3.8, 4) is 0 Å². The molecule has 1 unspecified atom stereocenters. The van der Waals surface area contributed by atoms with E-state index in [1.165, 1.54) is 51.5 Å². The van der Waals surface area contributed by atoms with Gasteiger partial charge >= 0.3 is 0 Å². The zero-order valence-electron chi connectivity index (χ0n) is 12.7. The van der Waals surface area contributed by atoms with Crippen molar-refractivity contribution in [2.45, 2.75) is 69.4 Å². The molecule has 5 nitrogen and oxygen atoms in total. The molecule has 116 valence electrons. The van der Waals surface area contributed by atoms with Gasteiger partial charge in [-0.15, -0.1) is 0 Å². The number of rotatable bonds is 6. The Kier molecular flexibility index (Phi) is 3.95. The van der Waals surface area contributed by atoms with Gasteiger partial charge in [-0.25, -0.2) is 0 Å². The van der Waals surface area contributed by atoms with E-state index in [0.717, 1.165) is 30.7 Å². The normalized spacial score (nSPS) is 27.7. The zero-order chi connectivity index (χ0) is 14.1. The average molecular weight is 291 g/mol. The van der Waals surface area contributed by atoms with Crippen molar-refractivity contribution in [2.24, 2.45) is 0 Å². The zero-order valence-corrected chi connectivity index (χ0v) is 12.7. The minimum absolute atomic E-state index is 0.397. The molecule has 1 aliphatic heterocycles. The van der Waals surface area contributed by atoms with E-state index in [1.807, 2.05) is 0 Å². The molecule has 2 heterocycles. The molecule has 2 aliphatic carbocycles. The van der Waals surface area contributed by atoms with E-state index in [0.29, 0.717) is 18.6 Å². The Morgan fingerprint density at radius 3 is 2.81 bits per heavy atom. The first-order valence-corrected chi connectivity index (χ1v) is 8.56. The predicted octanol–water partition coefficient (Wildman–Crippen LogP) is 2.52. The van der Waals surface area contributed by atoms with Gasteiger partial charge in [-0.3, -0.25) is 4.90 Å². The third kappa shape index (κ3) is 3.29. The molecule has 1 atom stereocenters. The maximum absolute atomic E-state index is 6.06. The second kappa shape index (κ2) is 6.05. The van der Waals surface area contributed by atoms with Crippen LogP contribution in [0.2, 0.25) is 0 Å². The van der Waals surface area contributed by atoms with Gasteiger partial charge in [-0.2, -0.15) is 4.98 Å². The van der Waals surface area contributed by atoms with Crippen LogP contribution in [0.25, 0.3) is 0 Å². The summed E-state index contributed by atoms with van der Waals surface area (Å²) in [4.78, 5) is 7.09. The van der Waals surface area contributed by atoms with E-state index >= 15 is 0 Å². The number of ether oxygens (including phenoxy) is 1. The molecular formula is C16H25N3O2. The van der Waals surface area contributed by atoms with Crippen molar-refractivity contribution < 1.29 is 9.26 Å². The molecule has 3 fully saturated rings. The van der Waals surface area contributed by atoms with Crippen molar-refractivity contribution in [1.82, 2.24) is 15.0 Å². The summed E-state index contributed by atoms with van der Waals surface area (Å²) in [6.07, 6.45) is 10.2. The number of hydrogen-bond donors (Lipinski definition) is 0. The first kappa shape index (κ1) is 13.7. The van der Waals surface area contributed by atoms with Gasteiger partial charge in [0.05, 0.1) is 12.7 Å². The van der Waals surface area contributed by atoms with Gasteiger partial charge in [0.15, 0.2) is 5.82 Å². The molecule has 21 heavy (non-hydrogen) atoms. The standard InChI is InChI=1S/C16H25N3O2/c1-3-13(4-1)19-9-2-5-14(11-19)20-10-8-15-17-16(21-18-15)12-6-7-12/h12-14H,1-11H2. The van der Waals surface area contributed by atoms with Crippen molar-refractivity contribution in [3.63, 3.8) is 0 Å². The van der Waals surface area contributed by atoms with Gasteiger partial charge in [0.25, 0.3) is 0 Å². The largest absolute Gasteiger partial charge is 0.376 e. The van der Waals surface area contributed by atoms with Crippen LogP contribution in [-0.4, -0.2) is 46.9 Å². The van der Waals surface area contributed by atoms with Crippen LogP contribution in [0.5, 0.6) is 0 Å². The molecule has 0 aromatic carbocycles. The van der Waals surface area contributed by atoms with Crippen molar-refractivity contribution >= 4 is 0 Å². The lowest BCUT2D eigenvalue weighted by molar-refractivity contribution is -0.0232. The molecule has 1 aromatic rings. The van der Waals surface area contributed by atoms with Crippen LogP contribution in [0.3, 0.4) is 0 Å². The summed E-state index contributed by atoms with van der Waals surface area (Å²) >= 11 is 0. The first-order chi connectivity index (χ1) is 10.4. The number of likely N-dealkylation sites (tertiary alicyclic amines) is 1. The molecule has 4 rings (SSSR count). The summed E-state index contributed by atoms with van der Waals surface area (Å²) in [7, 11) is 0. The van der Waals surface area contributed by atoms with E-state index < -0.39 is 0 Å². The van der Waals surface area contributed by atoms with Crippen molar-refractivity contribution in [1.29, 1.82) is 0 Å². The van der Waals surface area contributed by atoms with Crippen molar-refractivity contribution in [3.05, 3.63) is 11.7 Å². The molecule has 1 saturated heterocycles. The monoisotopic (exact) mass is 291 g/mol. The van der Waals surface area contributed by atoms with E-state index in [9.17, 15) is 0 Å². The smallest absolute Gasteiger partial charge is 0.229 e. The van der Waals surface area contributed by atoms with E-state index in [1.54, 1.807) is 0 Å². The van der Waals surface area contributed by atoms with Crippen LogP contribution in [0.4, 0.5) is 0 Å². The van der Waals surface area contributed by atoms with Gasteiger partial charge in [-0.1, -0.05) is 11.6 Å². The van der Waals surface area contributed by atoms with E-state index in [-0.39, 0.29) is 0 Å². The topological polar surface area (TPSA) is 51.4 Å². The number of piperidine rings is 1. The van der Waals surface area contributed by atoms with E-state index in [4.69, 9.17) is 9.26 Å². The molecule has 0 radical (unpaired) electrons. The Hall–Kier alpha value is -0.940. The molecule has 2 saturated carbocycles. The highest BCUT2D eigenvalue weighted by atomic mass is 16.5. The average Bonchev–Trinajstić information content (AvgIpc) is 3.18. The van der Waals surface area contributed by atoms with Gasteiger partial charge in [0.1, 0.15) is 0 Å².